The Morgan fingerprint density at radius 3 is 2.61 bits per heavy atom. The maximum Gasteiger partial charge on any atom is 0.408 e. The molecule has 0 aliphatic rings. The van der Waals surface area contributed by atoms with Crippen molar-refractivity contribution in [2.45, 2.75) is 43.8 Å². The van der Waals surface area contributed by atoms with Crippen molar-refractivity contribution in [1.29, 1.82) is 0 Å². The minimum atomic E-state index is -0.513. The maximum absolute atomic E-state index is 11.7. The number of amides is 1. The summed E-state index contributed by atoms with van der Waals surface area (Å²) in [4.78, 5) is 11.7. The first kappa shape index (κ1) is 17.3. The van der Waals surface area contributed by atoms with Gasteiger partial charge in [-0.05, 0) is 26.3 Å². The number of carbonyl (C=O) groups excluding carboxylic acids is 1. The normalized spacial score (nSPS) is 11.3. The summed E-state index contributed by atoms with van der Waals surface area (Å²) in [7, 11) is 1.89. The van der Waals surface area contributed by atoms with Crippen LogP contribution >= 0.6 is 11.8 Å². The molecule has 2 aromatic rings. The molecule has 2 rings (SSSR count). The van der Waals surface area contributed by atoms with Crippen LogP contribution in [0.5, 0.6) is 0 Å². The maximum atomic E-state index is 11.7. The minimum absolute atomic E-state index is 0.282. The molecule has 0 atom stereocenters. The van der Waals surface area contributed by atoms with Crippen LogP contribution in [0, 0.1) is 0 Å². The molecular weight excluding hydrogens is 312 g/mol. The van der Waals surface area contributed by atoms with E-state index in [0.717, 1.165) is 10.9 Å². The number of ether oxygens (including phenoxy) is 1. The van der Waals surface area contributed by atoms with E-state index in [1.165, 1.54) is 5.56 Å². The Morgan fingerprint density at radius 1 is 1.26 bits per heavy atom. The zero-order chi connectivity index (χ0) is 16.9. The number of nitrogens with zero attached hydrogens (tertiary/aromatic N) is 3. The van der Waals surface area contributed by atoms with Crippen LogP contribution in [0.15, 0.2) is 35.5 Å². The van der Waals surface area contributed by atoms with Gasteiger partial charge in [0.05, 0.1) is 6.54 Å². The largest absolute Gasteiger partial charge is 0.444 e. The number of thioether (sulfide) groups is 1. The van der Waals surface area contributed by atoms with Crippen LogP contribution in [0.25, 0.3) is 0 Å². The number of hydrogen-bond acceptors (Lipinski definition) is 5. The highest BCUT2D eigenvalue weighted by Gasteiger charge is 2.17. The van der Waals surface area contributed by atoms with Crippen molar-refractivity contribution < 1.29 is 9.53 Å². The highest BCUT2D eigenvalue weighted by atomic mass is 32.2. The number of alkyl carbamates (subject to hydrolysis) is 1. The van der Waals surface area contributed by atoms with Crippen LogP contribution in [-0.4, -0.2) is 26.5 Å². The molecule has 0 unspecified atom stereocenters. The molecule has 1 aromatic carbocycles. The lowest BCUT2D eigenvalue weighted by Gasteiger charge is -2.19. The standard InChI is InChI=1S/C16H22N4O2S/c1-16(2,3)22-15(21)17-10-13-18-19-14(20(13)4)23-11-12-8-6-5-7-9-12/h5-9H,10-11H2,1-4H3,(H,17,21). The number of rotatable bonds is 5. The summed E-state index contributed by atoms with van der Waals surface area (Å²) in [6.07, 6.45) is -0.459. The minimum Gasteiger partial charge on any atom is -0.444 e. The van der Waals surface area contributed by atoms with E-state index < -0.39 is 11.7 Å². The summed E-state index contributed by atoms with van der Waals surface area (Å²) in [6, 6.07) is 10.2. The molecule has 1 N–H and O–H groups in total. The summed E-state index contributed by atoms with van der Waals surface area (Å²) in [6.45, 7) is 5.76. The van der Waals surface area contributed by atoms with Gasteiger partial charge in [-0.15, -0.1) is 10.2 Å². The highest BCUT2D eigenvalue weighted by molar-refractivity contribution is 7.98. The zero-order valence-electron chi connectivity index (χ0n) is 13.9. The Kier molecular flexibility index (Phi) is 5.65. The second-order valence-corrected chi connectivity index (χ2v) is 7.03. The summed E-state index contributed by atoms with van der Waals surface area (Å²) < 4.78 is 7.08. The fourth-order valence-corrected chi connectivity index (χ4v) is 2.70. The fourth-order valence-electron chi connectivity index (χ4n) is 1.81. The summed E-state index contributed by atoms with van der Waals surface area (Å²) >= 11 is 1.61. The van der Waals surface area contributed by atoms with Crippen LogP contribution in [0.2, 0.25) is 0 Å². The third kappa shape index (κ3) is 5.59. The number of nitrogens with one attached hydrogen (secondary N) is 1. The van der Waals surface area contributed by atoms with Gasteiger partial charge in [0.2, 0.25) is 0 Å². The molecule has 0 saturated heterocycles. The first-order chi connectivity index (χ1) is 10.8. The van der Waals surface area contributed by atoms with E-state index in [9.17, 15) is 4.79 Å². The van der Waals surface area contributed by atoms with Gasteiger partial charge >= 0.3 is 6.09 Å². The summed E-state index contributed by atoms with van der Waals surface area (Å²) in [5.74, 6) is 1.51. The average molecular weight is 334 g/mol. The molecule has 1 amide bonds. The monoisotopic (exact) mass is 334 g/mol. The van der Waals surface area contributed by atoms with Crippen LogP contribution in [0.1, 0.15) is 32.2 Å². The van der Waals surface area contributed by atoms with E-state index in [0.29, 0.717) is 5.82 Å². The fraction of sp³-hybridized carbons (Fsp3) is 0.438. The van der Waals surface area contributed by atoms with Gasteiger partial charge in [-0.2, -0.15) is 0 Å². The number of carbonyl (C=O) groups is 1. The van der Waals surface area contributed by atoms with Gasteiger partial charge in [-0.1, -0.05) is 42.1 Å². The van der Waals surface area contributed by atoms with Crippen LogP contribution in [-0.2, 0) is 24.1 Å². The van der Waals surface area contributed by atoms with Crippen molar-refractivity contribution in [1.82, 2.24) is 20.1 Å². The molecule has 23 heavy (non-hydrogen) atoms. The molecule has 0 saturated carbocycles. The smallest absolute Gasteiger partial charge is 0.408 e. The Hall–Kier alpha value is -2.02. The summed E-state index contributed by atoms with van der Waals surface area (Å²) in [5.41, 5.74) is 0.717. The van der Waals surface area contributed by atoms with Crippen molar-refractivity contribution in [3.8, 4) is 0 Å². The Morgan fingerprint density at radius 2 is 1.96 bits per heavy atom. The predicted molar refractivity (Wildman–Crippen MR) is 90.1 cm³/mol. The van der Waals surface area contributed by atoms with Crippen molar-refractivity contribution in [3.05, 3.63) is 41.7 Å². The topological polar surface area (TPSA) is 69.0 Å². The zero-order valence-corrected chi connectivity index (χ0v) is 14.7. The van der Waals surface area contributed by atoms with Crippen molar-refractivity contribution in [2.75, 3.05) is 0 Å². The van der Waals surface area contributed by atoms with Crippen molar-refractivity contribution in [2.24, 2.45) is 7.05 Å². The van der Waals surface area contributed by atoms with Gasteiger partial charge in [0, 0.05) is 12.8 Å². The van der Waals surface area contributed by atoms with Gasteiger partial charge in [0.15, 0.2) is 11.0 Å². The molecule has 0 spiro atoms. The van der Waals surface area contributed by atoms with Crippen LogP contribution < -0.4 is 5.32 Å². The molecule has 0 bridgehead atoms. The second-order valence-electron chi connectivity index (χ2n) is 6.09. The molecular formula is C16H22N4O2S. The average Bonchev–Trinajstić information content (AvgIpc) is 2.83. The van der Waals surface area contributed by atoms with E-state index >= 15 is 0 Å². The van der Waals surface area contributed by atoms with Crippen molar-refractivity contribution >= 4 is 17.9 Å². The number of aromatic nitrogens is 3. The number of hydrogen-bond donors (Lipinski definition) is 1. The molecule has 1 heterocycles. The lowest BCUT2D eigenvalue weighted by molar-refractivity contribution is 0.0521. The Bertz CT molecular complexity index is 650. The molecule has 0 fully saturated rings. The lowest BCUT2D eigenvalue weighted by Crippen LogP contribution is -2.32. The SMILES string of the molecule is Cn1c(CNC(=O)OC(C)(C)C)nnc1SCc1ccccc1. The van der Waals surface area contributed by atoms with Gasteiger partial charge < -0.3 is 14.6 Å². The number of benzene rings is 1. The second kappa shape index (κ2) is 7.50. The Balaban J connectivity index is 1.88. The molecule has 0 aliphatic carbocycles. The molecule has 124 valence electrons. The molecule has 0 aliphatic heterocycles. The lowest BCUT2D eigenvalue weighted by atomic mass is 10.2. The van der Waals surface area contributed by atoms with E-state index in [2.05, 4.69) is 27.6 Å². The van der Waals surface area contributed by atoms with Gasteiger partial charge in [-0.3, -0.25) is 0 Å². The Labute approximate surface area is 140 Å². The third-order valence-corrected chi connectivity index (χ3v) is 4.02. The third-order valence-electron chi connectivity index (χ3n) is 2.93. The molecule has 6 nitrogen and oxygen atoms in total. The molecule has 1 aromatic heterocycles. The first-order valence-corrected chi connectivity index (χ1v) is 8.35. The van der Waals surface area contributed by atoms with E-state index in [-0.39, 0.29) is 6.54 Å². The van der Waals surface area contributed by atoms with E-state index in [1.54, 1.807) is 11.8 Å². The van der Waals surface area contributed by atoms with Crippen molar-refractivity contribution in [3.63, 3.8) is 0 Å². The van der Waals surface area contributed by atoms with Gasteiger partial charge in [-0.25, -0.2) is 4.79 Å². The highest BCUT2D eigenvalue weighted by Crippen LogP contribution is 2.20. The van der Waals surface area contributed by atoms with E-state index in [4.69, 9.17) is 4.74 Å². The molecule has 7 heteroatoms. The quantitative estimate of drug-likeness (QED) is 0.851. The molecule has 0 radical (unpaired) electrons. The van der Waals surface area contributed by atoms with Gasteiger partial charge in [0.1, 0.15) is 5.60 Å². The first-order valence-electron chi connectivity index (χ1n) is 7.37. The predicted octanol–water partition coefficient (Wildman–Crippen LogP) is 3.13. The van der Waals surface area contributed by atoms with E-state index in [1.807, 2.05) is 50.6 Å². The summed E-state index contributed by atoms with van der Waals surface area (Å²) in [5, 5.41) is 11.8. The van der Waals surface area contributed by atoms with Gasteiger partial charge in [0.25, 0.3) is 0 Å². The van der Waals surface area contributed by atoms with Crippen LogP contribution in [0.4, 0.5) is 4.79 Å². The van der Waals surface area contributed by atoms with Crippen LogP contribution in [0.3, 0.4) is 0 Å².